The van der Waals surface area contributed by atoms with Crippen LogP contribution in [0.25, 0.3) is 33.5 Å². The van der Waals surface area contributed by atoms with Crippen LogP contribution in [-0.4, -0.2) is 4.98 Å². The van der Waals surface area contributed by atoms with Gasteiger partial charge in [0.25, 0.3) is 5.69 Å². The number of fused-ring (bicyclic) bond motifs is 1. The molecule has 0 unspecified atom stereocenters. The van der Waals surface area contributed by atoms with Crippen molar-refractivity contribution in [3.63, 3.8) is 0 Å². The van der Waals surface area contributed by atoms with Crippen LogP contribution in [-0.2, 0) is 0 Å². The van der Waals surface area contributed by atoms with Gasteiger partial charge in [-0.1, -0.05) is 60.7 Å². The minimum Gasteiger partial charge on any atom is -0.618 e. The van der Waals surface area contributed by atoms with Crippen LogP contribution in [0.5, 0.6) is 0 Å². The molecule has 0 aliphatic heterocycles. The number of para-hydroxylation sites is 1. The Kier molecular flexibility index (Phi) is 3.47. The molecule has 116 valence electrons. The molecule has 0 saturated carbocycles. The highest BCUT2D eigenvalue weighted by Gasteiger charge is 2.22. The fraction of sp³-hybridized carbons (Fsp3) is 0.0476. The molecule has 1 heterocycles. The third kappa shape index (κ3) is 2.31. The highest BCUT2D eigenvalue weighted by atomic mass is 16.5. The van der Waals surface area contributed by atoms with E-state index in [-0.39, 0.29) is 0 Å². The molecule has 0 fully saturated rings. The maximum absolute atomic E-state index is 13.2. The number of benzene rings is 3. The Morgan fingerprint density at radius 3 is 2.04 bits per heavy atom. The van der Waals surface area contributed by atoms with Gasteiger partial charge in [0.05, 0.1) is 0 Å². The van der Waals surface area contributed by atoms with Gasteiger partial charge in [-0.3, -0.25) is 0 Å². The van der Waals surface area contributed by atoms with Gasteiger partial charge in [-0.25, -0.2) is 4.98 Å². The van der Waals surface area contributed by atoms with Crippen molar-refractivity contribution in [3.8, 4) is 22.5 Å². The van der Waals surface area contributed by atoms with Crippen LogP contribution in [0, 0.1) is 12.1 Å². The predicted octanol–water partition coefficient (Wildman–Crippen LogP) is 4.51. The summed E-state index contributed by atoms with van der Waals surface area (Å²) in [4.78, 5) is 4.82. The molecule has 0 atom stereocenters. The number of nitrogens with zero attached hydrogens (tertiary/aromatic N) is 2. The summed E-state index contributed by atoms with van der Waals surface area (Å²) in [5, 5.41) is 13.2. The summed E-state index contributed by atoms with van der Waals surface area (Å²) in [5.74, 6) is 0. The molecule has 0 N–H and O–H groups in total. The Morgan fingerprint density at radius 2 is 1.38 bits per heavy atom. The van der Waals surface area contributed by atoms with Crippen molar-refractivity contribution < 1.29 is 4.73 Å². The molecule has 3 heteroatoms. The van der Waals surface area contributed by atoms with Crippen molar-refractivity contribution in [1.82, 2.24) is 4.98 Å². The molecule has 0 aliphatic rings. The fourth-order valence-electron chi connectivity index (χ4n) is 3.03. The molecular weight excluding hydrogens is 296 g/mol. The smallest absolute Gasteiger partial charge is 0.250 e. The molecule has 0 bridgehead atoms. The van der Waals surface area contributed by atoms with Crippen LogP contribution < -0.4 is 4.73 Å². The molecule has 0 spiro atoms. The van der Waals surface area contributed by atoms with E-state index >= 15 is 0 Å². The van der Waals surface area contributed by atoms with Gasteiger partial charge in [-0.15, -0.1) is 0 Å². The predicted molar refractivity (Wildman–Crippen MR) is 96.3 cm³/mol. The zero-order chi connectivity index (χ0) is 16.5. The average molecular weight is 312 g/mol. The first-order valence-electron chi connectivity index (χ1n) is 7.89. The lowest BCUT2D eigenvalue weighted by Crippen LogP contribution is -2.32. The van der Waals surface area contributed by atoms with Gasteiger partial charge < -0.3 is 5.21 Å². The van der Waals surface area contributed by atoms with Crippen LogP contribution in [0.2, 0.25) is 0 Å². The van der Waals surface area contributed by atoms with Crippen molar-refractivity contribution in [2.45, 2.75) is 6.92 Å². The monoisotopic (exact) mass is 312 g/mol. The van der Waals surface area contributed by atoms with E-state index in [1.165, 1.54) is 0 Å². The molecule has 4 aromatic rings. The first-order valence-corrected chi connectivity index (χ1v) is 7.89. The summed E-state index contributed by atoms with van der Waals surface area (Å²) >= 11 is 0. The summed E-state index contributed by atoms with van der Waals surface area (Å²) in [6.45, 7) is 1.94. The normalized spacial score (nSPS) is 10.9. The highest BCUT2D eigenvalue weighted by molar-refractivity contribution is 5.83. The maximum Gasteiger partial charge on any atom is 0.250 e. The second-order valence-corrected chi connectivity index (χ2v) is 5.78. The molecular formula is C21H16N2O. The van der Waals surface area contributed by atoms with E-state index < -0.39 is 0 Å². The van der Waals surface area contributed by atoms with Crippen LogP contribution in [0.15, 0.2) is 78.9 Å². The third-order valence-corrected chi connectivity index (χ3v) is 4.17. The lowest BCUT2D eigenvalue weighted by molar-refractivity contribution is -0.565. The molecule has 0 saturated heterocycles. The molecule has 0 aliphatic carbocycles. The van der Waals surface area contributed by atoms with Gasteiger partial charge in [0.15, 0.2) is 0 Å². The Hall–Kier alpha value is -3.20. The molecule has 3 aromatic carbocycles. The lowest BCUT2D eigenvalue weighted by Gasteiger charge is -2.13. The highest BCUT2D eigenvalue weighted by Crippen LogP contribution is 2.30. The molecule has 1 aromatic heterocycles. The molecule has 0 amide bonds. The van der Waals surface area contributed by atoms with Crippen molar-refractivity contribution in [2.24, 2.45) is 0 Å². The van der Waals surface area contributed by atoms with Gasteiger partial charge in [-0.2, -0.15) is 4.73 Å². The van der Waals surface area contributed by atoms with Gasteiger partial charge in [0.1, 0.15) is 11.2 Å². The lowest BCUT2D eigenvalue weighted by atomic mass is 10.0. The molecule has 24 heavy (non-hydrogen) atoms. The summed E-state index contributed by atoms with van der Waals surface area (Å²) in [6.07, 6.45) is 0. The van der Waals surface area contributed by atoms with Crippen LogP contribution in [0.3, 0.4) is 0 Å². The Balaban J connectivity index is 2.14. The van der Waals surface area contributed by atoms with Crippen molar-refractivity contribution in [2.75, 3.05) is 0 Å². The van der Waals surface area contributed by atoms with Gasteiger partial charge in [0.2, 0.25) is 5.52 Å². The van der Waals surface area contributed by atoms with Gasteiger partial charge in [-0.05, 0) is 25.1 Å². The van der Waals surface area contributed by atoms with E-state index in [1.54, 1.807) is 0 Å². The van der Waals surface area contributed by atoms with E-state index in [1.807, 2.05) is 85.8 Å². The van der Waals surface area contributed by atoms with E-state index in [0.717, 1.165) is 21.4 Å². The standard InChI is InChI=1S/C21H16N2O/c1-15-9-8-14-18-20(15)23(24)21(17-12-6-3-7-13-17)19(22-18)16-10-4-2-5-11-16/h2-14H,1H3. The number of aromatic nitrogens is 2. The Labute approximate surface area is 140 Å². The Bertz CT molecular complexity index is 1010. The maximum atomic E-state index is 13.2. The molecule has 3 nitrogen and oxygen atoms in total. The topological polar surface area (TPSA) is 39.8 Å². The minimum atomic E-state index is 0.587. The van der Waals surface area contributed by atoms with E-state index in [0.29, 0.717) is 22.4 Å². The third-order valence-electron chi connectivity index (χ3n) is 4.17. The second-order valence-electron chi connectivity index (χ2n) is 5.78. The first kappa shape index (κ1) is 14.4. The van der Waals surface area contributed by atoms with Crippen LogP contribution >= 0.6 is 0 Å². The number of hydrogen-bond acceptors (Lipinski definition) is 2. The first-order chi connectivity index (χ1) is 11.8. The number of rotatable bonds is 2. The largest absolute Gasteiger partial charge is 0.618 e. The molecule has 4 rings (SSSR count). The van der Waals surface area contributed by atoms with Crippen molar-refractivity contribution in [3.05, 3.63) is 89.6 Å². The fourth-order valence-corrected chi connectivity index (χ4v) is 3.03. The van der Waals surface area contributed by atoms with E-state index in [2.05, 4.69) is 0 Å². The van der Waals surface area contributed by atoms with Crippen molar-refractivity contribution >= 4 is 11.0 Å². The minimum absolute atomic E-state index is 0.587. The van der Waals surface area contributed by atoms with E-state index in [9.17, 15) is 5.21 Å². The molecule has 0 radical (unpaired) electrons. The van der Waals surface area contributed by atoms with Gasteiger partial charge in [0, 0.05) is 16.7 Å². The average Bonchev–Trinajstić information content (AvgIpc) is 2.63. The van der Waals surface area contributed by atoms with Gasteiger partial charge >= 0.3 is 0 Å². The van der Waals surface area contributed by atoms with Crippen LogP contribution in [0.4, 0.5) is 0 Å². The number of aryl methyl sites for hydroxylation is 1. The van der Waals surface area contributed by atoms with Crippen LogP contribution in [0.1, 0.15) is 5.56 Å². The zero-order valence-electron chi connectivity index (χ0n) is 13.3. The zero-order valence-corrected chi connectivity index (χ0v) is 13.3. The second kappa shape index (κ2) is 5.78. The van der Waals surface area contributed by atoms with E-state index in [4.69, 9.17) is 4.98 Å². The quantitative estimate of drug-likeness (QED) is 0.403. The summed E-state index contributed by atoms with van der Waals surface area (Å²) in [7, 11) is 0. The Morgan fingerprint density at radius 1 is 0.750 bits per heavy atom. The summed E-state index contributed by atoms with van der Waals surface area (Å²) in [5.41, 5.74) is 5.35. The summed E-state index contributed by atoms with van der Waals surface area (Å²) in [6, 6.07) is 25.3. The van der Waals surface area contributed by atoms with Crippen molar-refractivity contribution in [1.29, 1.82) is 0 Å². The number of hydrogen-bond donors (Lipinski definition) is 0. The SMILES string of the molecule is Cc1cccc2nc(-c3ccccc3)c(-c3ccccc3)[n+]([O-])c12. The summed E-state index contributed by atoms with van der Waals surface area (Å²) < 4.78 is 1.02.